The van der Waals surface area contributed by atoms with E-state index in [9.17, 15) is 14.4 Å². The molecule has 0 aliphatic carbocycles. The van der Waals surface area contributed by atoms with Gasteiger partial charge in [-0.25, -0.2) is 0 Å². The normalized spacial score (nSPS) is 13.7. The van der Waals surface area contributed by atoms with Gasteiger partial charge in [-0.3, -0.25) is 14.4 Å². The van der Waals surface area contributed by atoms with Gasteiger partial charge in [0, 0.05) is 37.5 Å². The Morgan fingerprint density at radius 1 is 0.633 bits per heavy atom. The van der Waals surface area contributed by atoms with Crippen LogP contribution in [0.3, 0.4) is 0 Å². The lowest BCUT2D eigenvalue weighted by Crippen LogP contribution is -2.17. The van der Waals surface area contributed by atoms with E-state index in [1.807, 2.05) is 0 Å². The van der Waals surface area contributed by atoms with Crippen LogP contribution in [0.25, 0.3) is 0 Å². The molecule has 168 valence electrons. The lowest BCUT2D eigenvalue weighted by molar-refractivity contribution is -0.138. The molecule has 3 N–H and O–H groups in total. The molecule has 0 fully saturated rings. The van der Waals surface area contributed by atoms with Crippen molar-refractivity contribution < 1.29 is 43.9 Å². The number of aliphatic carboxylic acids is 3. The third-order valence-electron chi connectivity index (χ3n) is 4.16. The molecule has 0 bridgehead atoms. The Hall–Kier alpha value is -2.97. The van der Waals surface area contributed by atoms with Crippen molar-refractivity contribution in [2.24, 2.45) is 0 Å². The predicted molar refractivity (Wildman–Crippen MR) is 107 cm³/mol. The average molecular weight is 426 g/mol. The SMILES string of the molecule is CC(CCC(=O)O)Oc1cc(OC(C)CCC(=O)O)cc(OC(C)CCC(=O)O)c1. The first kappa shape index (κ1) is 25.1. The number of ether oxygens (including phenoxy) is 3. The van der Waals surface area contributed by atoms with Crippen molar-refractivity contribution in [3.8, 4) is 17.2 Å². The molecule has 3 unspecified atom stereocenters. The van der Waals surface area contributed by atoms with Gasteiger partial charge in [-0.05, 0) is 40.0 Å². The van der Waals surface area contributed by atoms with E-state index >= 15 is 0 Å². The molecule has 1 rings (SSSR count). The van der Waals surface area contributed by atoms with Crippen LogP contribution in [0, 0.1) is 0 Å². The van der Waals surface area contributed by atoms with E-state index in [0.717, 1.165) is 0 Å². The van der Waals surface area contributed by atoms with E-state index in [1.54, 1.807) is 39.0 Å². The molecular weight excluding hydrogens is 396 g/mol. The van der Waals surface area contributed by atoms with Crippen molar-refractivity contribution in [2.45, 2.75) is 77.6 Å². The van der Waals surface area contributed by atoms with Gasteiger partial charge in [-0.1, -0.05) is 0 Å². The summed E-state index contributed by atoms with van der Waals surface area (Å²) in [5, 5.41) is 26.4. The lowest BCUT2D eigenvalue weighted by atomic mass is 10.2. The fraction of sp³-hybridized carbons (Fsp3) is 0.571. The highest BCUT2D eigenvalue weighted by atomic mass is 16.5. The molecule has 0 radical (unpaired) electrons. The van der Waals surface area contributed by atoms with Crippen molar-refractivity contribution in [3.05, 3.63) is 18.2 Å². The maximum Gasteiger partial charge on any atom is 0.303 e. The molecule has 30 heavy (non-hydrogen) atoms. The van der Waals surface area contributed by atoms with E-state index in [0.29, 0.717) is 36.5 Å². The first-order valence-electron chi connectivity index (χ1n) is 9.85. The second-order valence-corrected chi connectivity index (χ2v) is 7.22. The predicted octanol–water partition coefficient (Wildman–Crippen LogP) is 3.58. The highest BCUT2D eigenvalue weighted by molar-refractivity contribution is 5.67. The first-order valence-corrected chi connectivity index (χ1v) is 9.85. The molecule has 0 heterocycles. The molecule has 0 aliphatic rings. The Morgan fingerprint density at radius 2 is 0.867 bits per heavy atom. The Balaban J connectivity index is 2.91. The van der Waals surface area contributed by atoms with Gasteiger partial charge < -0.3 is 29.5 Å². The Bertz CT molecular complexity index is 609. The number of carbonyl (C=O) groups is 3. The minimum atomic E-state index is -0.911. The third-order valence-corrected chi connectivity index (χ3v) is 4.16. The van der Waals surface area contributed by atoms with Crippen molar-refractivity contribution in [1.29, 1.82) is 0 Å². The second kappa shape index (κ2) is 12.6. The third kappa shape index (κ3) is 11.1. The summed E-state index contributed by atoms with van der Waals surface area (Å²) in [6.45, 7) is 5.26. The highest BCUT2D eigenvalue weighted by Crippen LogP contribution is 2.31. The minimum Gasteiger partial charge on any atom is -0.490 e. The van der Waals surface area contributed by atoms with Crippen LogP contribution in [-0.4, -0.2) is 51.5 Å². The summed E-state index contributed by atoms with van der Waals surface area (Å²) in [6.07, 6.45) is -0.214. The van der Waals surface area contributed by atoms with Gasteiger partial charge in [0.05, 0.1) is 18.3 Å². The monoisotopic (exact) mass is 426 g/mol. The molecule has 0 amide bonds. The van der Waals surface area contributed by atoms with E-state index in [2.05, 4.69) is 0 Å². The Morgan fingerprint density at radius 3 is 1.07 bits per heavy atom. The maximum atomic E-state index is 10.7. The van der Waals surface area contributed by atoms with Crippen LogP contribution >= 0.6 is 0 Å². The van der Waals surface area contributed by atoms with Crippen LogP contribution in [0.5, 0.6) is 17.2 Å². The van der Waals surface area contributed by atoms with Crippen molar-refractivity contribution in [3.63, 3.8) is 0 Å². The molecule has 0 aliphatic heterocycles. The standard InChI is InChI=1S/C21H30O9/c1-13(4-7-19(22)23)28-16-10-17(29-14(2)5-8-20(24)25)12-18(11-16)30-15(3)6-9-21(26)27/h10-15H,4-9H2,1-3H3,(H,22,23)(H,24,25)(H,26,27). The van der Waals surface area contributed by atoms with E-state index < -0.39 is 17.9 Å². The minimum absolute atomic E-state index is 0.0286. The molecule has 1 aromatic carbocycles. The van der Waals surface area contributed by atoms with E-state index in [4.69, 9.17) is 29.5 Å². The van der Waals surface area contributed by atoms with Gasteiger partial charge >= 0.3 is 17.9 Å². The zero-order valence-corrected chi connectivity index (χ0v) is 17.5. The summed E-state index contributed by atoms with van der Waals surface area (Å²) in [6, 6.07) is 4.88. The van der Waals surface area contributed by atoms with E-state index in [1.165, 1.54) is 0 Å². The van der Waals surface area contributed by atoms with Crippen LogP contribution < -0.4 is 14.2 Å². The van der Waals surface area contributed by atoms with Crippen molar-refractivity contribution in [1.82, 2.24) is 0 Å². The molecular formula is C21H30O9. The van der Waals surface area contributed by atoms with Gasteiger partial charge in [-0.2, -0.15) is 0 Å². The molecule has 3 atom stereocenters. The van der Waals surface area contributed by atoms with Gasteiger partial charge in [0.2, 0.25) is 0 Å². The van der Waals surface area contributed by atoms with Gasteiger partial charge in [0.25, 0.3) is 0 Å². The lowest BCUT2D eigenvalue weighted by Gasteiger charge is -2.20. The van der Waals surface area contributed by atoms with E-state index in [-0.39, 0.29) is 37.6 Å². The molecule has 0 spiro atoms. The number of hydrogen-bond donors (Lipinski definition) is 3. The fourth-order valence-corrected chi connectivity index (χ4v) is 2.60. The summed E-state index contributed by atoms with van der Waals surface area (Å²) in [4.78, 5) is 32.2. The first-order chi connectivity index (χ1) is 14.0. The van der Waals surface area contributed by atoms with Crippen LogP contribution in [0.1, 0.15) is 59.3 Å². The summed E-state index contributed by atoms with van der Waals surface area (Å²) >= 11 is 0. The maximum absolute atomic E-state index is 10.7. The number of carboxylic acids is 3. The van der Waals surface area contributed by atoms with Crippen LogP contribution in [0.2, 0.25) is 0 Å². The summed E-state index contributed by atoms with van der Waals surface area (Å²) < 4.78 is 17.4. The summed E-state index contributed by atoms with van der Waals surface area (Å²) in [5.41, 5.74) is 0. The van der Waals surface area contributed by atoms with Crippen molar-refractivity contribution in [2.75, 3.05) is 0 Å². The molecule has 9 heteroatoms. The van der Waals surface area contributed by atoms with Gasteiger partial charge in [-0.15, -0.1) is 0 Å². The van der Waals surface area contributed by atoms with Crippen molar-refractivity contribution >= 4 is 17.9 Å². The zero-order chi connectivity index (χ0) is 22.7. The summed E-state index contributed by atoms with van der Waals surface area (Å²) in [5.74, 6) is -1.49. The Kier molecular flexibility index (Phi) is 10.5. The fourth-order valence-electron chi connectivity index (χ4n) is 2.60. The second-order valence-electron chi connectivity index (χ2n) is 7.22. The summed E-state index contributed by atoms with van der Waals surface area (Å²) in [7, 11) is 0. The number of rotatable bonds is 15. The van der Waals surface area contributed by atoms with Crippen LogP contribution in [-0.2, 0) is 14.4 Å². The number of carboxylic acid groups (broad SMARTS) is 3. The average Bonchev–Trinajstić information content (AvgIpc) is 2.63. The molecule has 9 nitrogen and oxygen atoms in total. The molecule has 0 saturated heterocycles. The van der Waals surface area contributed by atoms with Crippen LogP contribution in [0.4, 0.5) is 0 Å². The number of hydrogen-bond acceptors (Lipinski definition) is 6. The Labute approximate surface area is 175 Å². The van der Waals surface area contributed by atoms with Crippen LogP contribution in [0.15, 0.2) is 18.2 Å². The smallest absolute Gasteiger partial charge is 0.303 e. The zero-order valence-electron chi connectivity index (χ0n) is 17.5. The van der Waals surface area contributed by atoms with Gasteiger partial charge in [0.15, 0.2) is 0 Å². The quantitative estimate of drug-likeness (QED) is 0.384. The topological polar surface area (TPSA) is 140 Å². The molecule has 0 aromatic heterocycles. The molecule has 0 saturated carbocycles. The largest absolute Gasteiger partial charge is 0.490 e. The highest BCUT2D eigenvalue weighted by Gasteiger charge is 2.14. The van der Waals surface area contributed by atoms with Gasteiger partial charge in [0.1, 0.15) is 17.2 Å². The number of benzene rings is 1. The molecule has 1 aromatic rings.